The normalized spacial score (nSPS) is 10.3. The van der Waals surface area contributed by atoms with Crippen molar-refractivity contribution < 1.29 is 18.7 Å². The van der Waals surface area contributed by atoms with Crippen molar-refractivity contribution in [1.82, 2.24) is 5.32 Å². The average molecular weight is 372 g/mol. The van der Waals surface area contributed by atoms with Gasteiger partial charge in [0.05, 0.1) is 5.56 Å². The van der Waals surface area contributed by atoms with Crippen molar-refractivity contribution in [1.29, 1.82) is 0 Å². The molecule has 2 rings (SSSR count). The SMILES string of the molecule is CCN(CC)c1ccc(C(=O)OCC(=O)NCCc2ccccc2F)cc1. The number of benzene rings is 2. The lowest BCUT2D eigenvalue weighted by Crippen LogP contribution is -2.30. The van der Waals surface area contributed by atoms with E-state index in [-0.39, 0.29) is 19.0 Å². The summed E-state index contributed by atoms with van der Waals surface area (Å²) in [6.07, 6.45) is 0.374. The highest BCUT2D eigenvalue weighted by atomic mass is 19.1. The second kappa shape index (κ2) is 10.3. The number of carbonyl (C=O) groups is 2. The van der Waals surface area contributed by atoms with E-state index in [9.17, 15) is 14.0 Å². The third-order valence-electron chi connectivity index (χ3n) is 4.24. The number of ether oxygens (including phenoxy) is 1. The monoisotopic (exact) mass is 372 g/mol. The van der Waals surface area contributed by atoms with Crippen LogP contribution in [-0.2, 0) is 16.0 Å². The summed E-state index contributed by atoms with van der Waals surface area (Å²) in [6, 6.07) is 13.5. The van der Waals surface area contributed by atoms with E-state index in [1.807, 2.05) is 12.1 Å². The van der Waals surface area contributed by atoms with Gasteiger partial charge in [-0.3, -0.25) is 4.79 Å². The van der Waals surface area contributed by atoms with Crippen molar-refractivity contribution in [3.63, 3.8) is 0 Å². The number of esters is 1. The Morgan fingerprint density at radius 2 is 1.70 bits per heavy atom. The first-order valence-electron chi connectivity index (χ1n) is 9.07. The van der Waals surface area contributed by atoms with Gasteiger partial charge in [-0.1, -0.05) is 18.2 Å². The Bertz CT molecular complexity index is 758. The minimum Gasteiger partial charge on any atom is -0.452 e. The van der Waals surface area contributed by atoms with Crippen molar-refractivity contribution in [2.75, 3.05) is 31.1 Å². The number of nitrogens with zero attached hydrogens (tertiary/aromatic N) is 1. The molecule has 0 fully saturated rings. The summed E-state index contributed by atoms with van der Waals surface area (Å²) >= 11 is 0. The Kier molecular flexibility index (Phi) is 7.79. The number of hydrogen-bond donors (Lipinski definition) is 1. The topological polar surface area (TPSA) is 58.6 Å². The average Bonchev–Trinajstić information content (AvgIpc) is 2.69. The molecule has 0 saturated heterocycles. The van der Waals surface area contributed by atoms with Crippen LogP contribution in [0.25, 0.3) is 0 Å². The summed E-state index contributed by atoms with van der Waals surface area (Å²) in [5.41, 5.74) is 1.95. The van der Waals surface area contributed by atoms with Gasteiger partial charge in [-0.2, -0.15) is 0 Å². The van der Waals surface area contributed by atoms with Crippen molar-refractivity contribution in [3.05, 3.63) is 65.5 Å². The summed E-state index contributed by atoms with van der Waals surface area (Å²) in [6.45, 7) is 5.80. The fourth-order valence-electron chi connectivity index (χ4n) is 2.70. The molecule has 1 amide bonds. The van der Waals surface area contributed by atoms with Crippen LogP contribution >= 0.6 is 0 Å². The quantitative estimate of drug-likeness (QED) is 0.687. The van der Waals surface area contributed by atoms with Gasteiger partial charge < -0.3 is 15.0 Å². The molecule has 6 heteroatoms. The second-order valence-electron chi connectivity index (χ2n) is 5.99. The molecule has 27 heavy (non-hydrogen) atoms. The molecule has 0 aromatic heterocycles. The molecule has 0 spiro atoms. The Morgan fingerprint density at radius 3 is 2.33 bits per heavy atom. The van der Waals surface area contributed by atoms with Gasteiger partial charge in [0.2, 0.25) is 0 Å². The number of rotatable bonds is 9. The summed E-state index contributed by atoms with van der Waals surface area (Å²) in [5, 5.41) is 2.61. The fraction of sp³-hybridized carbons (Fsp3) is 0.333. The van der Waals surface area contributed by atoms with Crippen molar-refractivity contribution in [2.45, 2.75) is 20.3 Å². The number of nitrogens with one attached hydrogen (secondary N) is 1. The molecule has 0 aliphatic rings. The van der Waals surface area contributed by atoms with Crippen LogP contribution in [0.4, 0.5) is 10.1 Å². The van der Waals surface area contributed by atoms with E-state index in [0.717, 1.165) is 18.8 Å². The van der Waals surface area contributed by atoms with Gasteiger partial charge >= 0.3 is 5.97 Å². The molecule has 0 saturated carbocycles. The van der Waals surface area contributed by atoms with E-state index in [1.54, 1.807) is 30.3 Å². The molecule has 5 nitrogen and oxygen atoms in total. The lowest BCUT2D eigenvalue weighted by atomic mass is 10.1. The summed E-state index contributed by atoms with van der Waals surface area (Å²) < 4.78 is 18.5. The maximum Gasteiger partial charge on any atom is 0.338 e. The summed E-state index contributed by atoms with van der Waals surface area (Å²) in [5.74, 6) is -1.27. The number of anilines is 1. The Morgan fingerprint density at radius 1 is 1.04 bits per heavy atom. The van der Waals surface area contributed by atoms with Gasteiger partial charge in [0.15, 0.2) is 6.61 Å². The van der Waals surface area contributed by atoms with Crippen LogP contribution in [0.3, 0.4) is 0 Å². The van der Waals surface area contributed by atoms with Crippen LogP contribution in [0, 0.1) is 5.82 Å². The van der Waals surface area contributed by atoms with Crippen LogP contribution < -0.4 is 10.2 Å². The molecule has 2 aromatic carbocycles. The van der Waals surface area contributed by atoms with Gasteiger partial charge in [-0.25, -0.2) is 9.18 Å². The molecule has 2 aromatic rings. The van der Waals surface area contributed by atoms with Crippen LogP contribution in [0.1, 0.15) is 29.8 Å². The van der Waals surface area contributed by atoms with E-state index in [4.69, 9.17) is 4.74 Å². The van der Waals surface area contributed by atoms with Gasteiger partial charge in [-0.05, 0) is 56.2 Å². The third kappa shape index (κ3) is 6.09. The Hall–Kier alpha value is -2.89. The van der Waals surface area contributed by atoms with Gasteiger partial charge in [0.1, 0.15) is 5.82 Å². The van der Waals surface area contributed by atoms with Crippen molar-refractivity contribution >= 4 is 17.6 Å². The zero-order chi connectivity index (χ0) is 19.6. The molecule has 144 valence electrons. The predicted molar refractivity (Wildman–Crippen MR) is 103 cm³/mol. The van der Waals surface area contributed by atoms with Crippen molar-refractivity contribution in [2.24, 2.45) is 0 Å². The molecule has 0 aliphatic heterocycles. The Labute approximate surface area is 159 Å². The van der Waals surface area contributed by atoms with E-state index in [1.165, 1.54) is 6.07 Å². The molecule has 0 radical (unpaired) electrons. The van der Waals surface area contributed by atoms with Crippen LogP contribution in [-0.4, -0.2) is 38.1 Å². The molecule has 1 N–H and O–H groups in total. The minimum atomic E-state index is -0.551. The summed E-state index contributed by atoms with van der Waals surface area (Å²) in [7, 11) is 0. The molecule has 0 aliphatic carbocycles. The van der Waals surface area contributed by atoms with Gasteiger partial charge in [-0.15, -0.1) is 0 Å². The van der Waals surface area contributed by atoms with E-state index in [2.05, 4.69) is 24.1 Å². The zero-order valence-corrected chi connectivity index (χ0v) is 15.7. The van der Waals surface area contributed by atoms with E-state index >= 15 is 0 Å². The maximum atomic E-state index is 13.5. The third-order valence-corrected chi connectivity index (χ3v) is 4.24. The highest BCUT2D eigenvalue weighted by molar-refractivity contribution is 5.91. The number of hydrogen-bond acceptors (Lipinski definition) is 4. The molecule has 0 atom stereocenters. The minimum absolute atomic E-state index is 0.274. The van der Waals surface area contributed by atoms with E-state index < -0.39 is 11.9 Å². The zero-order valence-electron chi connectivity index (χ0n) is 15.7. The Balaban J connectivity index is 1.76. The lowest BCUT2D eigenvalue weighted by molar-refractivity contribution is -0.124. The molecule has 0 bridgehead atoms. The number of amides is 1. The molecule has 0 unspecified atom stereocenters. The first kappa shape index (κ1) is 20.4. The second-order valence-corrected chi connectivity index (χ2v) is 5.99. The molecular formula is C21H25FN2O3. The standard InChI is InChI=1S/C21H25FN2O3/c1-3-24(4-2)18-11-9-17(10-12-18)21(26)27-15-20(25)23-14-13-16-7-5-6-8-19(16)22/h5-12H,3-4,13-15H2,1-2H3,(H,23,25). The van der Waals surface area contributed by atoms with Gasteiger partial charge in [0.25, 0.3) is 5.91 Å². The number of carbonyl (C=O) groups excluding carboxylic acids is 2. The first-order chi connectivity index (χ1) is 13.0. The predicted octanol–water partition coefficient (Wildman–Crippen LogP) is 3.19. The van der Waals surface area contributed by atoms with Gasteiger partial charge in [0, 0.05) is 25.3 Å². The highest BCUT2D eigenvalue weighted by Gasteiger charge is 2.11. The lowest BCUT2D eigenvalue weighted by Gasteiger charge is -2.20. The van der Waals surface area contributed by atoms with Crippen LogP contribution in [0.15, 0.2) is 48.5 Å². The number of halogens is 1. The first-order valence-corrected chi connectivity index (χ1v) is 9.07. The van der Waals surface area contributed by atoms with Crippen molar-refractivity contribution in [3.8, 4) is 0 Å². The van der Waals surface area contributed by atoms with Crippen LogP contribution in [0.2, 0.25) is 0 Å². The van der Waals surface area contributed by atoms with Crippen LogP contribution in [0.5, 0.6) is 0 Å². The smallest absolute Gasteiger partial charge is 0.338 e. The molecule has 0 heterocycles. The maximum absolute atomic E-state index is 13.5. The van der Waals surface area contributed by atoms with E-state index in [0.29, 0.717) is 17.5 Å². The molecular weight excluding hydrogens is 347 g/mol. The fourth-order valence-corrected chi connectivity index (χ4v) is 2.70. The summed E-state index contributed by atoms with van der Waals surface area (Å²) in [4.78, 5) is 26.0. The largest absolute Gasteiger partial charge is 0.452 e. The highest BCUT2D eigenvalue weighted by Crippen LogP contribution is 2.15.